The van der Waals surface area contributed by atoms with E-state index in [1.165, 1.54) is 21.8 Å². The molecule has 0 saturated heterocycles. The second-order valence-corrected chi connectivity index (χ2v) is 14.0. The summed E-state index contributed by atoms with van der Waals surface area (Å²) < 4.78 is 7.80. The number of hydrogen-bond donors (Lipinski definition) is 3. The molecule has 2 aromatic carbocycles. The number of carbonyl (C=O) groups excluding carboxylic acids is 1. The standard InChI is InChI=1S/C21H22N4O3.C19H18N4O3/c1-5-28-20(26)16-11-24-25(18(16)9-22)12-14-7-15-6-13(2)10-23-19(15)17(8-14)21(3,4)27;1-11-4-13-5-12(6-15(19(2,3)26)17(13)21-8-11)10-23-16(7-20)14(9-22-23)18(24)25/h6-8,10-11,27H,5,12H2,1-4H3;4-6,8-9,26H,10H2,1-3H3,(H,24,25). The van der Waals surface area contributed by atoms with E-state index in [2.05, 4.69) is 20.2 Å². The number of carbonyl (C=O) groups is 2. The van der Waals surface area contributed by atoms with Crippen LogP contribution in [-0.4, -0.2) is 63.4 Å². The van der Waals surface area contributed by atoms with Crippen molar-refractivity contribution in [1.82, 2.24) is 29.5 Å². The van der Waals surface area contributed by atoms with Gasteiger partial charge in [0.1, 0.15) is 23.3 Å². The SMILES string of the molecule is CCOC(=O)c1cnn(Cc2cc(C(C)(C)O)c3ncc(C)cc3c2)c1C#N.Cc1cnc2c(C(C)(C)O)cc(Cn3ncc(C(=O)O)c3C#N)cc2c1. The molecule has 0 aliphatic carbocycles. The summed E-state index contributed by atoms with van der Waals surface area (Å²) in [5.41, 5.74) is 4.37. The van der Waals surface area contributed by atoms with Gasteiger partial charge in [-0.05, 0) is 107 Å². The first-order valence-corrected chi connectivity index (χ1v) is 17.0. The molecule has 14 heteroatoms. The molecule has 54 heavy (non-hydrogen) atoms. The molecule has 4 aromatic heterocycles. The summed E-state index contributed by atoms with van der Waals surface area (Å²) in [7, 11) is 0. The van der Waals surface area contributed by atoms with E-state index in [1.807, 2.05) is 62.4 Å². The predicted octanol–water partition coefficient (Wildman–Crippen LogP) is 5.65. The molecule has 0 radical (unpaired) electrons. The van der Waals surface area contributed by atoms with Gasteiger partial charge >= 0.3 is 11.9 Å². The molecule has 0 bridgehead atoms. The maximum absolute atomic E-state index is 12.0. The van der Waals surface area contributed by atoms with Crippen LogP contribution >= 0.6 is 0 Å². The van der Waals surface area contributed by atoms with Crippen LogP contribution in [0.3, 0.4) is 0 Å². The van der Waals surface area contributed by atoms with Gasteiger partial charge in [-0.1, -0.05) is 0 Å². The summed E-state index contributed by atoms with van der Waals surface area (Å²) in [6, 6.07) is 15.4. The van der Waals surface area contributed by atoms with Gasteiger partial charge < -0.3 is 20.1 Å². The van der Waals surface area contributed by atoms with Gasteiger partial charge in [-0.15, -0.1) is 0 Å². The lowest BCUT2D eigenvalue weighted by Crippen LogP contribution is -2.17. The second kappa shape index (κ2) is 15.2. The van der Waals surface area contributed by atoms with Crippen LogP contribution in [0, 0.1) is 36.5 Å². The number of pyridine rings is 2. The summed E-state index contributed by atoms with van der Waals surface area (Å²) in [5, 5.41) is 59.1. The molecule has 0 atom stereocenters. The van der Waals surface area contributed by atoms with Gasteiger partial charge in [-0.2, -0.15) is 20.7 Å². The number of benzene rings is 2. The third kappa shape index (κ3) is 8.26. The number of carboxylic acids is 1. The van der Waals surface area contributed by atoms with Gasteiger partial charge in [-0.25, -0.2) is 19.0 Å². The molecule has 0 fully saturated rings. The Morgan fingerprint density at radius 1 is 0.722 bits per heavy atom. The molecule has 0 amide bonds. The van der Waals surface area contributed by atoms with Crippen molar-refractivity contribution in [2.45, 2.75) is 72.8 Å². The van der Waals surface area contributed by atoms with Crippen LogP contribution in [0.25, 0.3) is 21.8 Å². The monoisotopic (exact) mass is 728 g/mol. The average molecular weight is 729 g/mol. The maximum atomic E-state index is 12.0. The van der Waals surface area contributed by atoms with Crippen molar-refractivity contribution in [3.63, 3.8) is 0 Å². The molecule has 0 spiro atoms. The summed E-state index contributed by atoms with van der Waals surface area (Å²) >= 11 is 0. The molecule has 0 aliphatic rings. The van der Waals surface area contributed by atoms with E-state index in [0.717, 1.165) is 38.5 Å². The first kappa shape index (κ1) is 38.7. The third-order valence-electron chi connectivity index (χ3n) is 8.56. The number of aliphatic hydroxyl groups is 2. The minimum atomic E-state index is -1.19. The van der Waals surface area contributed by atoms with Crippen LogP contribution in [0.4, 0.5) is 0 Å². The minimum absolute atomic E-state index is 0.00947. The maximum Gasteiger partial charge on any atom is 0.342 e. The van der Waals surface area contributed by atoms with Gasteiger partial charge in [0.2, 0.25) is 0 Å². The summed E-state index contributed by atoms with van der Waals surface area (Å²) in [5.74, 6) is -1.76. The Kier molecular flexibility index (Phi) is 10.9. The van der Waals surface area contributed by atoms with Crippen molar-refractivity contribution in [2.24, 2.45) is 0 Å². The van der Waals surface area contributed by atoms with Gasteiger partial charge in [0, 0.05) is 34.3 Å². The smallest absolute Gasteiger partial charge is 0.342 e. The van der Waals surface area contributed by atoms with E-state index in [9.17, 15) is 30.3 Å². The number of aromatic nitrogens is 6. The fourth-order valence-corrected chi connectivity index (χ4v) is 6.07. The summed E-state index contributed by atoms with van der Waals surface area (Å²) in [4.78, 5) is 32.1. The fourth-order valence-electron chi connectivity index (χ4n) is 6.07. The van der Waals surface area contributed by atoms with Crippen molar-refractivity contribution in [3.8, 4) is 12.1 Å². The van der Waals surface area contributed by atoms with Crippen LogP contribution in [-0.2, 0) is 29.0 Å². The summed E-state index contributed by atoms with van der Waals surface area (Å²) in [6.45, 7) is 13.1. The number of aryl methyl sites for hydroxylation is 2. The fraction of sp³-hybridized carbons (Fsp3) is 0.300. The zero-order valence-electron chi connectivity index (χ0n) is 31.0. The Labute approximate surface area is 311 Å². The number of carboxylic acid groups (broad SMARTS) is 1. The van der Waals surface area contributed by atoms with Crippen LogP contribution in [0.15, 0.2) is 61.2 Å². The molecule has 0 unspecified atom stereocenters. The lowest BCUT2D eigenvalue weighted by Gasteiger charge is -2.21. The van der Waals surface area contributed by atoms with Crippen LogP contribution < -0.4 is 0 Å². The molecular formula is C40H40N8O6. The van der Waals surface area contributed by atoms with E-state index in [4.69, 9.17) is 9.84 Å². The number of nitriles is 2. The first-order valence-electron chi connectivity index (χ1n) is 17.0. The van der Waals surface area contributed by atoms with E-state index < -0.39 is 23.1 Å². The van der Waals surface area contributed by atoms with Gasteiger partial charge in [0.05, 0.1) is 54.3 Å². The van der Waals surface area contributed by atoms with Gasteiger partial charge in [-0.3, -0.25) is 9.97 Å². The van der Waals surface area contributed by atoms with Gasteiger partial charge in [0.15, 0.2) is 11.4 Å². The molecule has 6 rings (SSSR count). The minimum Gasteiger partial charge on any atom is -0.478 e. The molecule has 276 valence electrons. The van der Waals surface area contributed by atoms with E-state index in [-0.39, 0.29) is 42.2 Å². The molecule has 3 N–H and O–H groups in total. The lowest BCUT2D eigenvalue weighted by atomic mass is 9.93. The number of fused-ring (bicyclic) bond motifs is 2. The quantitative estimate of drug-likeness (QED) is 0.154. The van der Waals surface area contributed by atoms with Crippen molar-refractivity contribution >= 4 is 33.7 Å². The van der Waals surface area contributed by atoms with Crippen LogP contribution in [0.5, 0.6) is 0 Å². The number of hydrogen-bond acceptors (Lipinski definition) is 11. The molecule has 6 aromatic rings. The number of rotatable bonds is 9. The number of esters is 1. The predicted molar refractivity (Wildman–Crippen MR) is 198 cm³/mol. The Bertz CT molecular complexity index is 2490. The first-order chi connectivity index (χ1) is 25.4. The van der Waals surface area contributed by atoms with E-state index >= 15 is 0 Å². The topological polar surface area (TPSA) is 213 Å². The zero-order chi connectivity index (χ0) is 39.5. The highest BCUT2D eigenvalue weighted by molar-refractivity contribution is 5.91. The zero-order valence-corrected chi connectivity index (χ0v) is 31.0. The third-order valence-corrected chi connectivity index (χ3v) is 8.56. The average Bonchev–Trinajstić information content (AvgIpc) is 3.70. The lowest BCUT2D eigenvalue weighted by molar-refractivity contribution is 0.0525. The van der Waals surface area contributed by atoms with Crippen molar-refractivity contribution < 1.29 is 29.6 Å². The van der Waals surface area contributed by atoms with E-state index in [1.54, 1.807) is 47.0 Å². The van der Waals surface area contributed by atoms with Crippen LogP contribution in [0.1, 0.15) is 100 Å². The Morgan fingerprint density at radius 2 is 1.15 bits per heavy atom. The van der Waals surface area contributed by atoms with Crippen molar-refractivity contribution in [3.05, 3.63) is 117 Å². The Morgan fingerprint density at radius 3 is 1.54 bits per heavy atom. The number of aromatic carboxylic acids is 1. The summed E-state index contributed by atoms with van der Waals surface area (Å²) in [6.07, 6.45) is 6.03. The highest BCUT2D eigenvalue weighted by Gasteiger charge is 2.24. The molecule has 14 nitrogen and oxygen atoms in total. The Hall–Kier alpha value is -6.48. The number of nitrogens with zero attached hydrogens (tertiary/aromatic N) is 8. The largest absolute Gasteiger partial charge is 0.478 e. The Balaban J connectivity index is 0.000000208. The highest BCUT2D eigenvalue weighted by atomic mass is 16.5. The number of ether oxygens (including phenoxy) is 1. The highest BCUT2D eigenvalue weighted by Crippen LogP contribution is 2.31. The van der Waals surface area contributed by atoms with Crippen LogP contribution in [0.2, 0.25) is 0 Å². The molecule has 0 aliphatic heterocycles. The van der Waals surface area contributed by atoms with Crippen molar-refractivity contribution in [2.75, 3.05) is 6.61 Å². The van der Waals surface area contributed by atoms with Gasteiger partial charge in [0.25, 0.3) is 0 Å². The second-order valence-electron chi connectivity index (χ2n) is 14.0. The van der Waals surface area contributed by atoms with E-state index in [0.29, 0.717) is 16.6 Å². The molecule has 4 heterocycles. The van der Waals surface area contributed by atoms with Crippen molar-refractivity contribution in [1.29, 1.82) is 10.5 Å². The normalized spacial score (nSPS) is 11.5. The molecular weight excluding hydrogens is 688 g/mol. The molecule has 0 saturated carbocycles.